The Hall–Kier alpha value is -1.04. The van der Waals surface area contributed by atoms with Crippen LogP contribution >= 0.6 is 22.6 Å². The molecule has 2 rings (SSSR count). The second kappa shape index (κ2) is 6.81. The number of aliphatic hydroxyl groups is 2. The molecule has 1 aliphatic heterocycles. The monoisotopic (exact) mass is 408 g/mol. The van der Waals surface area contributed by atoms with Crippen LogP contribution < -0.4 is 5.69 Å². The van der Waals surface area contributed by atoms with E-state index in [9.17, 15) is 9.90 Å². The first-order chi connectivity index (χ1) is 9.92. The van der Waals surface area contributed by atoms with E-state index in [0.717, 1.165) is 0 Å². The average molecular weight is 408 g/mol. The molecule has 1 fully saturated rings. The molecule has 0 aliphatic carbocycles. The van der Waals surface area contributed by atoms with Crippen LogP contribution in [0.1, 0.15) is 12.6 Å². The summed E-state index contributed by atoms with van der Waals surface area (Å²) in [6.07, 6.45) is 1.30. The van der Waals surface area contributed by atoms with E-state index in [1.165, 1.54) is 4.57 Å². The smallest absolute Gasteiger partial charge is 0.351 e. The van der Waals surface area contributed by atoms with Crippen molar-refractivity contribution < 1.29 is 14.9 Å². The topological polar surface area (TPSA) is 100 Å². The first kappa shape index (κ1) is 16.3. The van der Waals surface area contributed by atoms with Crippen LogP contribution in [0, 0.1) is 3.57 Å². The third-order valence-corrected chi connectivity index (χ3v) is 3.75. The van der Waals surface area contributed by atoms with Crippen LogP contribution in [0.3, 0.4) is 0 Å². The lowest BCUT2D eigenvalue weighted by molar-refractivity contribution is -0.0459. The largest absolute Gasteiger partial charge is 0.394 e. The van der Waals surface area contributed by atoms with Gasteiger partial charge in [0.2, 0.25) is 0 Å². The lowest BCUT2D eigenvalue weighted by Crippen LogP contribution is -2.28. The minimum Gasteiger partial charge on any atom is -0.394 e. The Kier molecular flexibility index (Phi) is 5.30. The molecule has 0 spiro atoms. The van der Waals surface area contributed by atoms with Gasteiger partial charge in [-0.3, -0.25) is 4.57 Å². The molecule has 8 nitrogen and oxygen atoms in total. The number of ether oxygens (including phenoxy) is 1. The Bertz CT molecular complexity index is 589. The summed E-state index contributed by atoms with van der Waals surface area (Å²) in [7, 11) is 3.64. The van der Waals surface area contributed by atoms with Gasteiger partial charge < -0.3 is 19.8 Å². The predicted octanol–water partition coefficient (Wildman–Crippen LogP) is -0.290. The van der Waals surface area contributed by atoms with Crippen molar-refractivity contribution in [3.63, 3.8) is 0 Å². The quantitative estimate of drug-likeness (QED) is 0.404. The maximum absolute atomic E-state index is 12.1. The number of nitrogens with zero attached hydrogens (tertiary/aromatic N) is 4. The predicted molar refractivity (Wildman–Crippen MR) is 84.7 cm³/mol. The van der Waals surface area contributed by atoms with E-state index in [2.05, 4.69) is 9.98 Å². The molecular weight excluding hydrogens is 391 g/mol. The summed E-state index contributed by atoms with van der Waals surface area (Å²) >= 11 is 2.03. The Morgan fingerprint density at radius 3 is 2.95 bits per heavy atom. The molecule has 0 bridgehead atoms. The van der Waals surface area contributed by atoms with Crippen LogP contribution in [-0.2, 0) is 4.74 Å². The minimum absolute atomic E-state index is 0.239. The molecule has 1 aromatic heterocycles. The van der Waals surface area contributed by atoms with Gasteiger partial charge in [-0.25, -0.2) is 9.79 Å². The summed E-state index contributed by atoms with van der Waals surface area (Å²) < 4.78 is 7.46. The molecule has 0 amide bonds. The van der Waals surface area contributed by atoms with Gasteiger partial charge in [-0.05, 0) is 22.6 Å². The summed E-state index contributed by atoms with van der Waals surface area (Å²) in [5.41, 5.74) is -0.503. The van der Waals surface area contributed by atoms with Crippen molar-refractivity contribution in [1.82, 2.24) is 14.5 Å². The van der Waals surface area contributed by atoms with Crippen LogP contribution in [0.25, 0.3) is 0 Å². The van der Waals surface area contributed by atoms with Crippen LogP contribution in [0.2, 0.25) is 0 Å². The molecule has 2 heterocycles. The van der Waals surface area contributed by atoms with Crippen molar-refractivity contribution in [3.8, 4) is 0 Å². The zero-order valence-corrected chi connectivity index (χ0v) is 13.8. The van der Waals surface area contributed by atoms with Gasteiger partial charge >= 0.3 is 5.69 Å². The molecule has 0 radical (unpaired) electrons. The summed E-state index contributed by atoms with van der Waals surface area (Å²) in [4.78, 5) is 21.8. The molecule has 21 heavy (non-hydrogen) atoms. The molecule has 1 aliphatic rings. The van der Waals surface area contributed by atoms with Crippen molar-refractivity contribution >= 4 is 34.7 Å². The van der Waals surface area contributed by atoms with Gasteiger partial charge in [0.05, 0.1) is 22.6 Å². The number of aliphatic imine (C=N–C) groups is 1. The molecule has 9 heteroatoms. The van der Waals surface area contributed by atoms with E-state index in [1.54, 1.807) is 17.4 Å². The fourth-order valence-electron chi connectivity index (χ4n) is 1.95. The number of hydrogen-bond donors (Lipinski definition) is 2. The van der Waals surface area contributed by atoms with Gasteiger partial charge in [-0.15, -0.1) is 0 Å². The molecule has 1 aromatic rings. The Morgan fingerprint density at radius 1 is 1.67 bits per heavy atom. The van der Waals surface area contributed by atoms with Crippen LogP contribution in [0.4, 0.5) is 5.82 Å². The number of aliphatic hydroxyl groups excluding tert-OH is 2. The van der Waals surface area contributed by atoms with E-state index < -0.39 is 24.1 Å². The molecule has 0 aromatic carbocycles. The molecule has 1 saturated heterocycles. The maximum Gasteiger partial charge on any atom is 0.351 e. The highest BCUT2D eigenvalue weighted by atomic mass is 127. The van der Waals surface area contributed by atoms with Gasteiger partial charge in [0.1, 0.15) is 12.3 Å². The highest BCUT2D eigenvalue weighted by molar-refractivity contribution is 14.1. The Labute approximate surface area is 135 Å². The van der Waals surface area contributed by atoms with E-state index in [1.807, 2.05) is 36.7 Å². The van der Waals surface area contributed by atoms with Crippen molar-refractivity contribution in [3.05, 3.63) is 20.3 Å². The maximum atomic E-state index is 12.1. The van der Waals surface area contributed by atoms with Gasteiger partial charge in [0.15, 0.2) is 5.82 Å². The first-order valence-corrected chi connectivity index (χ1v) is 7.44. The lowest BCUT2D eigenvalue weighted by Gasteiger charge is -2.15. The number of halogens is 1. The summed E-state index contributed by atoms with van der Waals surface area (Å²) in [5.74, 6) is 0.336. The second-order valence-corrected chi connectivity index (χ2v) is 6.09. The fourth-order valence-corrected chi connectivity index (χ4v) is 2.51. The molecule has 116 valence electrons. The SMILES string of the molecule is CN(C)C=Nc1nc(=O)n(C2CC(O)C(CO)O2)cc1I. The zero-order chi connectivity index (χ0) is 15.6. The number of rotatable bonds is 4. The summed E-state index contributed by atoms with van der Waals surface area (Å²) in [5, 5.41) is 18.8. The third kappa shape index (κ3) is 3.78. The molecule has 2 N–H and O–H groups in total. The van der Waals surface area contributed by atoms with E-state index >= 15 is 0 Å². The summed E-state index contributed by atoms with van der Waals surface area (Å²) in [6, 6.07) is 0. The summed E-state index contributed by atoms with van der Waals surface area (Å²) in [6.45, 7) is -0.290. The van der Waals surface area contributed by atoms with Gasteiger partial charge in [-0.2, -0.15) is 4.98 Å². The van der Waals surface area contributed by atoms with E-state index in [4.69, 9.17) is 9.84 Å². The highest BCUT2D eigenvalue weighted by Gasteiger charge is 2.35. The zero-order valence-electron chi connectivity index (χ0n) is 11.7. The first-order valence-electron chi connectivity index (χ1n) is 6.36. The van der Waals surface area contributed by atoms with Crippen molar-refractivity contribution in [2.24, 2.45) is 4.99 Å². The normalized spacial score (nSPS) is 25.7. The lowest BCUT2D eigenvalue weighted by atomic mass is 10.2. The van der Waals surface area contributed by atoms with Crippen molar-refractivity contribution in [2.45, 2.75) is 24.9 Å². The Morgan fingerprint density at radius 2 is 2.38 bits per heavy atom. The number of aromatic nitrogens is 2. The van der Waals surface area contributed by atoms with Gasteiger partial charge in [-0.1, -0.05) is 0 Å². The Balaban J connectivity index is 2.27. The third-order valence-electron chi connectivity index (χ3n) is 2.99. The number of hydrogen-bond acceptors (Lipinski definition) is 6. The minimum atomic E-state index is -0.795. The van der Waals surface area contributed by atoms with Crippen molar-refractivity contribution in [1.29, 1.82) is 0 Å². The molecule has 3 atom stereocenters. The van der Waals surface area contributed by atoms with Crippen LogP contribution in [0.15, 0.2) is 16.0 Å². The van der Waals surface area contributed by atoms with Crippen LogP contribution in [-0.4, -0.2) is 63.9 Å². The van der Waals surface area contributed by atoms with Crippen LogP contribution in [0.5, 0.6) is 0 Å². The molecular formula is C12H17IN4O4. The molecule has 3 unspecified atom stereocenters. The molecule has 0 saturated carbocycles. The second-order valence-electron chi connectivity index (χ2n) is 4.93. The average Bonchev–Trinajstić information content (AvgIpc) is 2.80. The van der Waals surface area contributed by atoms with Gasteiger partial charge in [0, 0.05) is 26.7 Å². The fraction of sp³-hybridized carbons (Fsp3) is 0.583. The van der Waals surface area contributed by atoms with Gasteiger partial charge in [0.25, 0.3) is 0 Å². The standard InChI is InChI=1S/C12H17IN4O4/c1-16(2)6-14-11-7(13)4-17(12(20)15-11)10-3-8(19)9(5-18)21-10/h4,6,8-10,18-19H,3,5H2,1-2H3. The van der Waals surface area contributed by atoms with Crippen molar-refractivity contribution in [2.75, 3.05) is 20.7 Å². The van der Waals surface area contributed by atoms with E-state index in [0.29, 0.717) is 9.39 Å². The highest BCUT2D eigenvalue weighted by Crippen LogP contribution is 2.28. The van der Waals surface area contributed by atoms with E-state index in [-0.39, 0.29) is 13.0 Å².